The van der Waals surface area contributed by atoms with E-state index in [1.54, 1.807) is 33.1 Å². The Morgan fingerprint density at radius 3 is 2.27 bits per heavy atom. The normalized spacial score (nSPS) is 50.6. The van der Waals surface area contributed by atoms with Crippen molar-refractivity contribution in [2.24, 2.45) is 39.4 Å². The molecule has 0 aromatic carbocycles. The molecule has 2 aliphatic heterocycles. The molecule has 6 aliphatic rings. The van der Waals surface area contributed by atoms with Crippen LogP contribution in [0.1, 0.15) is 79.2 Å². The van der Waals surface area contributed by atoms with Crippen molar-refractivity contribution in [3.63, 3.8) is 0 Å². The van der Waals surface area contributed by atoms with Crippen molar-refractivity contribution in [2.75, 3.05) is 6.61 Å². The van der Waals surface area contributed by atoms with Gasteiger partial charge in [-0.25, -0.2) is 0 Å². The third-order valence-electron chi connectivity index (χ3n) is 13.8. The van der Waals surface area contributed by atoms with Crippen LogP contribution in [0, 0.1) is 39.4 Å². The van der Waals surface area contributed by atoms with Gasteiger partial charge in [-0.3, -0.25) is 19.2 Å². The number of fused-ring (bicyclic) bond motifs is 1. The van der Waals surface area contributed by atoms with E-state index in [1.165, 1.54) is 13.2 Å². The molecule has 264 valence electrons. The minimum Gasteiger partial charge on any atom is -0.472 e. The lowest BCUT2D eigenvalue weighted by Crippen LogP contribution is -2.84. The lowest BCUT2D eigenvalue weighted by atomic mass is 9.33. The van der Waals surface area contributed by atoms with Gasteiger partial charge < -0.3 is 43.4 Å². The van der Waals surface area contributed by atoms with E-state index in [0.717, 1.165) is 12.5 Å². The van der Waals surface area contributed by atoms with Crippen LogP contribution in [0.2, 0.25) is 0 Å². The average Bonchev–Trinajstić information content (AvgIpc) is 3.39. The molecular formula is C35H46O13. The molecule has 6 fully saturated rings. The van der Waals surface area contributed by atoms with Gasteiger partial charge in [-0.15, -0.1) is 0 Å². The second kappa shape index (κ2) is 10.6. The van der Waals surface area contributed by atoms with Gasteiger partial charge in [0.15, 0.2) is 5.78 Å². The summed E-state index contributed by atoms with van der Waals surface area (Å²) in [5.41, 5.74) is -6.03. The quantitative estimate of drug-likeness (QED) is 0.226. The number of epoxide rings is 1. The highest BCUT2D eigenvalue weighted by Crippen LogP contribution is 2.82. The number of aliphatic hydroxyl groups is 3. The highest BCUT2D eigenvalue weighted by Gasteiger charge is 2.92. The molecule has 13 heteroatoms. The Morgan fingerprint density at radius 2 is 1.67 bits per heavy atom. The van der Waals surface area contributed by atoms with Crippen LogP contribution >= 0.6 is 0 Å². The van der Waals surface area contributed by atoms with Crippen molar-refractivity contribution < 1.29 is 62.6 Å². The van der Waals surface area contributed by atoms with Gasteiger partial charge in [-0.05, 0) is 43.7 Å². The Balaban J connectivity index is 1.43. The van der Waals surface area contributed by atoms with E-state index in [-0.39, 0.29) is 18.9 Å². The van der Waals surface area contributed by atoms with E-state index in [0.29, 0.717) is 12.8 Å². The second-order valence-corrected chi connectivity index (χ2v) is 15.7. The predicted octanol–water partition coefficient (Wildman–Crippen LogP) is 2.03. The first-order valence-corrected chi connectivity index (χ1v) is 16.9. The fourth-order valence-electron chi connectivity index (χ4n) is 11.6. The van der Waals surface area contributed by atoms with Gasteiger partial charge in [-0.2, -0.15) is 0 Å². The highest BCUT2D eigenvalue weighted by molar-refractivity contribution is 5.91. The minimum atomic E-state index is -1.69. The molecule has 4 aliphatic carbocycles. The maximum absolute atomic E-state index is 15.1. The van der Waals surface area contributed by atoms with Gasteiger partial charge >= 0.3 is 17.9 Å². The summed E-state index contributed by atoms with van der Waals surface area (Å²) in [7, 11) is 0. The summed E-state index contributed by atoms with van der Waals surface area (Å²) in [6.45, 7) is 10.8. The van der Waals surface area contributed by atoms with Crippen LogP contribution in [-0.4, -0.2) is 94.1 Å². The molecule has 16 atom stereocenters. The molecule has 3 N–H and O–H groups in total. The van der Waals surface area contributed by atoms with Crippen molar-refractivity contribution in [3.8, 4) is 0 Å². The molecule has 48 heavy (non-hydrogen) atoms. The van der Waals surface area contributed by atoms with Gasteiger partial charge in [0.25, 0.3) is 0 Å². The number of carbonyl (C=O) groups excluding carboxylic acids is 4. The Hall–Kier alpha value is -2.84. The Bertz CT molecular complexity index is 1530. The van der Waals surface area contributed by atoms with Crippen LogP contribution in [0.3, 0.4) is 0 Å². The monoisotopic (exact) mass is 674 g/mol. The zero-order valence-corrected chi connectivity index (χ0v) is 28.3. The first-order valence-electron chi connectivity index (χ1n) is 16.9. The third-order valence-corrected chi connectivity index (χ3v) is 13.8. The molecular weight excluding hydrogens is 628 g/mol. The van der Waals surface area contributed by atoms with Crippen LogP contribution in [0.4, 0.5) is 0 Å². The largest absolute Gasteiger partial charge is 0.472 e. The maximum atomic E-state index is 15.1. The lowest BCUT2D eigenvalue weighted by molar-refractivity contribution is -0.391. The summed E-state index contributed by atoms with van der Waals surface area (Å²) >= 11 is 0. The maximum Gasteiger partial charge on any atom is 0.310 e. The van der Waals surface area contributed by atoms with Crippen molar-refractivity contribution in [2.45, 2.75) is 122 Å². The number of rotatable bonds is 6. The molecule has 1 aromatic rings. The van der Waals surface area contributed by atoms with E-state index in [2.05, 4.69) is 0 Å². The van der Waals surface area contributed by atoms with Crippen molar-refractivity contribution in [3.05, 3.63) is 24.2 Å². The SMILES string of the molecule is CCC(C)C(=O)OC1OC[C@@]23[C@H]4C(=O)[C@H](O)[C@@]5(C)[C@H](c6ccoc6)C[C@H]6O[C@]65[C@]4(C)[C@H](O)C[C@H]2[C@@]1(C)[C@H](OC(C)=O)[C@H](O)[C@@H]3OC(C)=O. The van der Waals surface area contributed by atoms with Crippen LogP contribution in [0.15, 0.2) is 23.0 Å². The average molecular weight is 675 g/mol. The smallest absolute Gasteiger partial charge is 0.310 e. The van der Waals surface area contributed by atoms with Gasteiger partial charge in [0.2, 0.25) is 6.29 Å². The van der Waals surface area contributed by atoms with Gasteiger partial charge in [0.05, 0.1) is 42.7 Å². The molecule has 0 amide bonds. The van der Waals surface area contributed by atoms with E-state index < -0.39 is 112 Å². The molecule has 1 spiro atoms. The highest BCUT2D eigenvalue weighted by atomic mass is 16.7. The van der Waals surface area contributed by atoms with Gasteiger partial charge in [0.1, 0.15) is 30.0 Å². The molecule has 3 heterocycles. The summed E-state index contributed by atoms with van der Waals surface area (Å²) in [5, 5.41) is 36.9. The fourth-order valence-corrected chi connectivity index (χ4v) is 11.6. The number of carbonyl (C=O) groups is 4. The molecule has 13 nitrogen and oxygen atoms in total. The number of Topliss-reactive ketones (excluding diaryl/α,β-unsaturated/α-hetero) is 1. The second-order valence-electron chi connectivity index (χ2n) is 15.7. The number of ether oxygens (including phenoxy) is 5. The van der Waals surface area contributed by atoms with Crippen LogP contribution in [0.5, 0.6) is 0 Å². The van der Waals surface area contributed by atoms with Gasteiger partial charge in [0, 0.05) is 41.9 Å². The summed E-state index contributed by atoms with van der Waals surface area (Å²) in [5.74, 6) is -5.66. The van der Waals surface area contributed by atoms with Crippen molar-refractivity contribution >= 4 is 23.7 Å². The summed E-state index contributed by atoms with van der Waals surface area (Å²) in [6.07, 6.45) is -5.14. The first-order chi connectivity index (χ1) is 22.5. The van der Waals surface area contributed by atoms with Crippen LogP contribution < -0.4 is 0 Å². The Morgan fingerprint density at radius 1 is 1.00 bits per heavy atom. The predicted molar refractivity (Wildman–Crippen MR) is 161 cm³/mol. The van der Waals surface area contributed by atoms with Crippen molar-refractivity contribution in [1.29, 1.82) is 0 Å². The van der Waals surface area contributed by atoms with Gasteiger partial charge in [-0.1, -0.05) is 27.7 Å². The zero-order valence-electron chi connectivity index (χ0n) is 28.3. The Labute approximate surface area is 278 Å². The molecule has 4 saturated carbocycles. The van der Waals surface area contributed by atoms with E-state index in [4.69, 9.17) is 28.1 Å². The zero-order chi connectivity index (χ0) is 34.9. The summed E-state index contributed by atoms with van der Waals surface area (Å²) in [4.78, 5) is 53.6. The standard InChI is InChI=1S/C35H46O13/c1-8-15(2)29(42)47-30-31(5)20-12-21(38)33(7)25(34(20,14-44-30)28(46-17(4)37)24(40)27(31)45-16(3)36)23(39)26(41)32(6)19(18-9-10-43-13-18)11-22-35(32,33)48-22/h9-10,13,15,19-22,24-28,30,38,40-41H,8,11-12,14H2,1-7H3/t15?,19-,20-,21+,22+,24-,25-,26-,27+,28-,30?,31-,32+,33+,34-,35+/m0/s1. The number of esters is 3. The van der Waals surface area contributed by atoms with Crippen molar-refractivity contribution in [1.82, 2.24) is 0 Å². The minimum absolute atomic E-state index is 0.0276. The molecule has 2 saturated heterocycles. The van der Waals surface area contributed by atoms with E-state index in [9.17, 15) is 29.7 Å². The number of furan rings is 1. The van der Waals surface area contributed by atoms with Crippen LogP contribution in [-0.2, 0) is 42.9 Å². The van der Waals surface area contributed by atoms with E-state index in [1.807, 2.05) is 13.8 Å². The van der Waals surface area contributed by atoms with Crippen LogP contribution in [0.25, 0.3) is 0 Å². The summed E-state index contributed by atoms with van der Waals surface area (Å²) in [6, 6.07) is 1.80. The molecule has 7 rings (SSSR count). The molecule has 0 radical (unpaired) electrons. The fraction of sp³-hybridized carbons (Fsp3) is 0.771. The number of hydrogen-bond acceptors (Lipinski definition) is 13. The third kappa shape index (κ3) is 3.74. The topological polar surface area (TPSA) is 192 Å². The summed E-state index contributed by atoms with van der Waals surface area (Å²) < 4.78 is 36.0. The lowest BCUT2D eigenvalue weighted by Gasteiger charge is -2.73. The number of aliphatic hydroxyl groups excluding tert-OH is 3. The molecule has 2 unspecified atom stereocenters. The molecule has 1 aromatic heterocycles. The first kappa shape index (κ1) is 33.6. The van der Waals surface area contributed by atoms with E-state index >= 15 is 4.79 Å². The molecule has 2 bridgehead atoms. The number of ketones is 1. The Kier molecular flexibility index (Phi) is 7.42. The number of hydrogen-bond donors (Lipinski definition) is 3.